The van der Waals surface area contributed by atoms with Crippen molar-refractivity contribution in [1.29, 1.82) is 0 Å². The average Bonchev–Trinajstić information content (AvgIpc) is 3.53. The second-order valence-corrected chi connectivity index (χ2v) is 19.1. The summed E-state index contributed by atoms with van der Waals surface area (Å²) in [5.41, 5.74) is 17.6. The van der Waals surface area contributed by atoms with Gasteiger partial charge in [0.1, 0.15) is 0 Å². The molecule has 4 heterocycles. The standard InChI is InChI=1S/C50H52BN3/c1-47-27-13-14-28-49(47,3)53-42-29-37(52(35-19-7-5-8-20-35)36-21-9-6-10-22-36)30-43-44(42)51(40-25-15-23-38(47)45(40)53)41-26-16-24-39-46(41)54(43)50(4)32-34-18-12-11-17-33(34)31-48(39,50)2/h5-10,15-16,19-26,29-30,33-34H,11-14,17-18,27-28,31-32H2,1-4H3. The molecule has 7 aliphatic rings. The molecule has 0 N–H and O–H groups in total. The third-order valence-electron chi connectivity index (χ3n) is 16.9. The summed E-state index contributed by atoms with van der Waals surface area (Å²) in [5, 5.41) is 0. The van der Waals surface area contributed by atoms with Crippen LogP contribution in [0.2, 0.25) is 0 Å². The Morgan fingerprint density at radius 1 is 0.537 bits per heavy atom. The van der Waals surface area contributed by atoms with Crippen molar-refractivity contribution in [2.75, 3.05) is 14.7 Å². The second-order valence-electron chi connectivity index (χ2n) is 19.1. The topological polar surface area (TPSA) is 9.72 Å². The molecule has 4 aliphatic heterocycles. The van der Waals surface area contributed by atoms with E-state index in [0.717, 1.165) is 11.8 Å². The molecule has 5 aromatic rings. The van der Waals surface area contributed by atoms with Crippen LogP contribution in [0.3, 0.4) is 0 Å². The van der Waals surface area contributed by atoms with Crippen molar-refractivity contribution in [3.63, 3.8) is 0 Å². The Morgan fingerprint density at radius 3 is 1.69 bits per heavy atom. The summed E-state index contributed by atoms with van der Waals surface area (Å²) in [7, 11) is 0. The van der Waals surface area contributed by atoms with Gasteiger partial charge in [0.15, 0.2) is 0 Å². The summed E-state index contributed by atoms with van der Waals surface area (Å²) < 4.78 is 0. The van der Waals surface area contributed by atoms with E-state index >= 15 is 0 Å². The van der Waals surface area contributed by atoms with Crippen LogP contribution in [0.25, 0.3) is 0 Å². The third-order valence-corrected chi connectivity index (χ3v) is 16.9. The minimum Gasteiger partial charge on any atom is -0.335 e. The van der Waals surface area contributed by atoms with E-state index in [-0.39, 0.29) is 28.6 Å². The molecule has 3 fully saturated rings. The fourth-order valence-corrected chi connectivity index (χ4v) is 14.0. The van der Waals surface area contributed by atoms with Gasteiger partial charge >= 0.3 is 0 Å². The van der Waals surface area contributed by atoms with E-state index in [1.807, 2.05) is 0 Å². The molecule has 0 amide bonds. The fourth-order valence-electron chi connectivity index (χ4n) is 14.0. The lowest BCUT2D eigenvalue weighted by Crippen LogP contribution is -2.67. The summed E-state index contributed by atoms with van der Waals surface area (Å²) in [5.74, 6) is 1.64. The van der Waals surface area contributed by atoms with Crippen LogP contribution in [0, 0.1) is 11.8 Å². The number of para-hydroxylation sites is 4. The Hall–Kier alpha value is -4.44. The molecule has 270 valence electrons. The van der Waals surface area contributed by atoms with Crippen molar-refractivity contribution in [2.24, 2.45) is 11.8 Å². The van der Waals surface area contributed by atoms with Gasteiger partial charge in [0.2, 0.25) is 0 Å². The Labute approximate surface area is 322 Å². The summed E-state index contributed by atoms with van der Waals surface area (Å²) in [6, 6.07) is 42.4. The first-order valence-corrected chi connectivity index (χ1v) is 21.2. The lowest BCUT2D eigenvalue weighted by molar-refractivity contribution is 0.0581. The Morgan fingerprint density at radius 2 is 1.07 bits per heavy atom. The number of anilines is 7. The van der Waals surface area contributed by atoms with Crippen LogP contribution in [0.15, 0.2) is 109 Å². The van der Waals surface area contributed by atoms with E-state index < -0.39 is 0 Å². The molecule has 54 heavy (non-hydrogen) atoms. The first-order valence-electron chi connectivity index (χ1n) is 21.2. The number of rotatable bonds is 3. The van der Waals surface area contributed by atoms with Gasteiger partial charge in [-0.05, 0) is 115 Å². The number of hydrogen-bond acceptors (Lipinski definition) is 3. The fraction of sp³-hybridized carbons (Fsp3) is 0.400. The average molecular weight is 706 g/mol. The third kappa shape index (κ3) is 3.67. The molecule has 5 aromatic carbocycles. The molecule has 0 saturated heterocycles. The predicted molar refractivity (Wildman–Crippen MR) is 228 cm³/mol. The Kier molecular flexibility index (Phi) is 6.29. The van der Waals surface area contributed by atoms with Crippen LogP contribution in [0.1, 0.15) is 103 Å². The van der Waals surface area contributed by atoms with E-state index in [0.29, 0.717) is 0 Å². The van der Waals surface area contributed by atoms with Gasteiger partial charge < -0.3 is 14.7 Å². The molecule has 0 aromatic heterocycles. The summed E-state index contributed by atoms with van der Waals surface area (Å²) in [4.78, 5) is 8.40. The summed E-state index contributed by atoms with van der Waals surface area (Å²) in [6.45, 7) is 10.8. The highest BCUT2D eigenvalue weighted by Gasteiger charge is 2.66. The normalized spacial score (nSPS) is 31.9. The van der Waals surface area contributed by atoms with Crippen molar-refractivity contribution < 1.29 is 0 Å². The van der Waals surface area contributed by atoms with Crippen molar-refractivity contribution >= 4 is 62.9 Å². The molecule has 0 bridgehead atoms. The maximum absolute atomic E-state index is 2.96. The molecule has 3 aliphatic carbocycles. The minimum absolute atomic E-state index is 0.00289. The molecule has 3 saturated carbocycles. The van der Waals surface area contributed by atoms with E-state index in [1.54, 1.807) is 16.6 Å². The van der Waals surface area contributed by atoms with Gasteiger partial charge in [-0.3, -0.25) is 0 Å². The highest BCUT2D eigenvalue weighted by atomic mass is 15.3. The number of hydrogen-bond donors (Lipinski definition) is 0. The van der Waals surface area contributed by atoms with E-state index in [1.165, 1.54) is 115 Å². The van der Waals surface area contributed by atoms with Crippen molar-refractivity contribution in [3.05, 3.63) is 120 Å². The first-order chi connectivity index (χ1) is 26.3. The van der Waals surface area contributed by atoms with Crippen molar-refractivity contribution in [2.45, 2.75) is 114 Å². The summed E-state index contributed by atoms with van der Waals surface area (Å²) >= 11 is 0. The molecule has 6 atom stereocenters. The van der Waals surface area contributed by atoms with Crippen LogP contribution in [-0.4, -0.2) is 17.8 Å². The van der Waals surface area contributed by atoms with E-state index in [9.17, 15) is 0 Å². The van der Waals surface area contributed by atoms with Gasteiger partial charge in [-0.1, -0.05) is 125 Å². The highest BCUT2D eigenvalue weighted by Crippen LogP contribution is 2.67. The second kappa shape index (κ2) is 10.7. The summed E-state index contributed by atoms with van der Waals surface area (Å²) in [6.07, 6.45) is 13.2. The van der Waals surface area contributed by atoms with Crippen LogP contribution < -0.4 is 31.1 Å². The minimum atomic E-state index is -0.0119. The van der Waals surface area contributed by atoms with E-state index in [2.05, 4.69) is 152 Å². The van der Waals surface area contributed by atoms with Gasteiger partial charge in [-0.25, -0.2) is 0 Å². The molecule has 12 rings (SSSR count). The molecule has 3 nitrogen and oxygen atoms in total. The zero-order valence-electron chi connectivity index (χ0n) is 32.5. The van der Waals surface area contributed by atoms with Gasteiger partial charge in [0, 0.05) is 45.0 Å². The predicted octanol–water partition coefficient (Wildman–Crippen LogP) is 10.8. The van der Waals surface area contributed by atoms with Gasteiger partial charge in [0.05, 0.1) is 16.8 Å². The quantitative estimate of drug-likeness (QED) is 0.173. The number of fused-ring (bicyclic) bond motifs is 11. The maximum Gasteiger partial charge on any atom is 0.252 e. The largest absolute Gasteiger partial charge is 0.335 e. The SMILES string of the molecule is CC12CCCCC1(C)N1c3cc(N(c4ccccc4)c4ccccc4)cc4c3B(c3cccc2c31)c1cccc2c1N4C1(C)CC3CCCCC3CC21C. The molecular weight excluding hydrogens is 653 g/mol. The van der Waals surface area contributed by atoms with Crippen molar-refractivity contribution in [1.82, 2.24) is 0 Å². The zero-order chi connectivity index (χ0) is 36.2. The number of nitrogens with zero attached hydrogens (tertiary/aromatic N) is 3. The maximum atomic E-state index is 2.96. The molecule has 0 radical (unpaired) electrons. The molecule has 6 unspecified atom stereocenters. The monoisotopic (exact) mass is 705 g/mol. The molecular formula is C50H52BN3. The Balaban J connectivity index is 1.20. The Bertz CT molecular complexity index is 2330. The van der Waals surface area contributed by atoms with E-state index in [4.69, 9.17) is 0 Å². The molecule has 0 spiro atoms. The van der Waals surface area contributed by atoms with Crippen molar-refractivity contribution in [3.8, 4) is 0 Å². The number of benzene rings is 5. The lowest BCUT2D eigenvalue weighted by atomic mass is 9.33. The zero-order valence-corrected chi connectivity index (χ0v) is 32.5. The molecule has 4 heteroatoms. The van der Waals surface area contributed by atoms with Gasteiger partial charge in [0.25, 0.3) is 6.71 Å². The smallest absolute Gasteiger partial charge is 0.252 e. The van der Waals surface area contributed by atoms with Crippen LogP contribution in [-0.2, 0) is 10.8 Å². The lowest BCUT2D eigenvalue weighted by Gasteiger charge is -2.58. The van der Waals surface area contributed by atoms with Crippen LogP contribution in [0.5, 0.6) is 0 Å². The highest BCUT2D eigenvalue weighted by molar-refractivity contribution is 7.00. The van der Waals surface area contributed by atoms with Crippen LogP contribution >= 0.6 is 0 Å². The first kappa shape index (κ1) is 31.9. The van der Waals surface area contributed by atoms with Gasteiger partial charge in [-0.15, -0.1) is 0 Å². The van der Waals surface area contributed by atoms with Gasteiger partial charge in [-0.2, -0.15) is 0 Å². The van der Waals surface area contributed by atoms with Crippen LogP contribution in [0.4, 0.5) is 39.8 Å².